The fraction of sp³-hybridized carbons (Fsp3) is 0.182. The molecule has 1 aromatic carbocycles. The molecule has 2 aromatic rings. The van der Waals surface area contributed by atoms with E-state index < -0.39 is 0 Å². The maximum atomic E-state index is 5.20. The Morgan fingerprint density at radius 1 is 1.12 bits per heavy atom. The molecule has 0 aliphatic carbocycles. The van der Waals surface area contributed by atoms with Crippen LogP contribution in [-0.2, 0) is 0 Å². The summed E-state index contributed by atoms with van der Waals surface area (Å²) in [6.07, 6.45) is 4.71. The van der Waals surface area contributed by atoms with E-state index in [4.69, 9.17) is 9.47 Å². The van der Waals surface area contributed by atoms with Crippen molar-refractivity contribution >= 4 is 6.21 Å². The number of methoxy groups -OCH3 is 2. The van der Waals surface area contributed by atoms with E-state index in [0.29, 0.717) is 11.5 Å². The third-order valence-electron chi connectivity index (χ3n) is 2.15. The molecule has 0 aliphatic rings. The molecule has 6 heteroatoms. The average Bonchev–Trinajstić information content (AvgIpc) is 2.89. The van der Waals surface area contributed by atoms with Crippen LogP contribution in [0.4, 0.5) is 0 Å². The van der Waals surface area contributed by atoms with Gasteiger partial charge in [-0.05, 0) is 23.8 Å². The Kier molecular flexibility index (Phi) is 3.34. The summed E-state index contributed by atoms with van der Waals surface area (Å²) in [4.78, 5) is 0. The summed E-state index contributed by atoms with van der Waals surface area (Å²) in [5, 5.41) is 11.4. The first-order valence-corrected chi connectivity index (χ1v) is 4.94. The van der Waals surface area contributed by atoms with Crippen molar-refractivity contribution in [1.29, 1.82) is 0 Å². The maximum absolute atomic E-state index is 5.20. The van der Waals surface area contributed by atoms with Crippen LogP contribution in [0.2, 0.25) is 0 Å². The number of ether oxygens (including phenoxy) is 2. The standard InChI is InChI=1S/C11H12N4O2/c1-16-10-4-3-9(5-11(10)17-2)6-14-15-7-12-13-8-15/h3-8H,1-2H3/b14-6-. The van der Waals surface area contributed by atoms with E-state index in [2.05, 4.69) is 15.3 Å². The molecule has 0 amide bonds. The quantitative estimate of drug-likeness (QED) is 0.742. The molecule has 88 valence electrons. The number of benzene rings is 1. The van der Waals surface area contributed by atoms with Crippen LogP contribution in [0.1, 0.15) is 5.56 Å². The summed E-state index contributed by atoms with van der Waals surface area (Å²) in [5.74, 6) is 1.36. The predicted molar refractivity (Wildman–Crippen MR) is 62.6 cm³/mol. The SMILES string of the molecule is COc1ccc(/C=N\n2cnnc2)cc1OC. The lowest BCUT2D eigenvalue weighted by Crippen LogP contribution is -1.93. The molecule has 2 rings (SSSR count). The molecule has 1 aromatic heterocycles. The van der Waals surface area contributed by atoms with Crippen LogP contribution in [0.3, 0.4) is 0 Å². The Balaban J connectivity index is 2.22. The lowest BCUT2D eigenvalue weighted by atomic mass is 10.2. The second-order valence-electron chi connectivity index (χ2n) is 3.20. The van der Waals surface area contributed by atoms with Gasteiger partial charge in [0, 0.05) is 0 Å². The van der Waals surface area contributed by atoms with E-state index in [1.807, 2.05) is 18.2 Å². The molecule has 0 fully saturated rings. The minimum absolute atomic E-state index is 0.667. The highest BCUT2D eigenvalue weighted by Crippen LogP contribution is 2.26. The molecule has 17 heavy (non-hydrogen) atoms. The summed E-state index contributed by atoms with van der Waals surface area (Å²) in [6.45, 7) is 0. The summed E-state index contributed by atoms with van der Waals surface area (Å²) in [6, 6.07) is 5.55. The first kappa shape index (κ1) is 11.1. The Morgan fingerprint density at radius 2 is 1.82 bits per heavy atom. The number of hydrogen-bond donors (Lipinski definition) is 0. The Hall–Kier alpha value is -2.37. The predicted octanol–water partition coefficient (Wildman–Crippen LogP) is 1.18. The van der Waals surface area contributed by atoms with Gasteiger partial charge in [-0.1, -0.05) is 0 Å². The van der Waals surface area contributed by atoms with Gasteiger partial charge >= 0.3 is 0 Å². The van der Waals surface area contributed by atoms with E-state index in [1.165, 1.54) is 17.3 Å². The fourth-order valence-electron chi connectivity index (χ4n) is 1.32. The summed E-state index contributed by atoms with van der Waals surface area (Å²) in [5.41, 5.74) is 0.899. The Morgan fingerprint density at radius 3 is 2.47 bits per heavy atom. The van der Waals surface area contributed by atoms with Gasteiger partial charge < -0.3 is 9.47 Å². The normalized spacial score (nSPS) is 10.7. The van der Waals surface area contributed by atoms with Crippen LogP contribution >= 0.6 is 0 Å². The lowest BCUT2D eigenvalue weighted by Gasteiger charge is -2.07. The van der Waals surface area contributed by atoms with E-state index in [1.54, 1.807) is 20.4 Å². The van der Waals surface area contributed by atoms with Gasteiger partial charge in [0.2, 0.25) is 0 Å². The van der Waals surface area contributed by atoms with E-state index >= 15 is 0 Å². The highest BCUT2D eigenvalue weighted by molar-refractivity contribution is 5.80. The summed E-state index contributed by atoms with van der Waals surface area (Å²) < 4.78 is 11.9. The molecular formula is C11H12N4O2. The number of hydrogen-bond acceptors (Lipinski definition) is 5. The van der Waals surface area contributed by atoms with E-state index in [-0.39, 0.29) is 0 Å². The molecule has 0 unspecified atom stereocenters. The van der Waals surface area contributed by atoms with Crippen LogP contribution in [0, 0.1) is 0 Å². The Bertz CT molecular complexity index is 508. The van der Waals surface area contributed by atoms with Gasteiger partial charge in [-0.3, -0.25) is 0 Å². The Labute approximate surface area is 98.5 Å². The van der Waals surface area contributed by atoms with Gasteiger partial charge in [0.25, 0.3) is 0 Å². The molecular weight excluding hydrogens is 220 g/mol. The van der Waals surface area contributed by atoms with Crippen LogP contribution in [0.5, 0.6) is 11.5 Å². The smallest absolute Gasteiger partial charge is 0.161 e. The van der Waals surface area contributed by atoms with Gasteiger partial charge in [0.15, 0.2) is 11.5 Å². The monoisotopic (exact) mass is 232 g/mol. The minimum Gasteiger partial charge on any atom is -0.493 e. The summed E-state index contributed by atoms with van der Waals surface area (Å²) >= 11 is 0. The van der Waals surface area contributed by atoms with Crippen molar-refractivity contribution in [2.45, 2.75) is 0 Å². The van der Waals surface area contributed by atoms with Crippen molar-refractivity contribution in [3.8, 4) is 11.5 Å². The maximum Gasteiger partial charge on any atom is 0.161 e. The van der Waals surface area contributed by atoms with Gasteiger partial charge in [-0.15, -0.1) is 10.2 Å². The van der Waals surface area contributed by atoms with Crippen molar-refractivity contribution in [2.24, 2.45) is 5.10 Å². The zero-order valence-corrected chi connectivity index (χ0v) is 9.57. The molecule has 0 N–H and O–H groups in total. The molecule has 0 bridgehead atoms. The molecule has 0 saturated carbocycles. The molecule has 0 saturated heterocycles. The molecule has 6 nitrogen and oxygen atoms in total. The lowest BCUT2D eigenvalue weighted by molar-refractivity contribution is 0.355. The fourth-order valence-corrected chi connectivity index (χ4v) is 1.32. The van der Waals surface area contributed by atoms with Crippen LogP contribution in [0.25, 0.3) is 0 Å². The van der Waals surface area contributed by atoms with Crippen molar-refractivity contribution in [3.05, 3.63) is 36.4 Å². The topological polar surface area (TPSA) is 61.5 Å². The number of aromatic nitrogens is 3. The first-order chi connectivity index (χ1) is 8.33. The molecule has 0 spiro atoms. The second-order valence-corrected chi connectivity index (χ2v) is 3.20. The molecule has 1 heterocycles. The van der Waals surface area contributed by atoms with Gasteiger partial charge in [0.1, 0.15) is 12.7 Å². The number of nitrogens with zero attached hydrogens (tertiary/aromatic N) is 4. The zero-order chi connectivity index (χ0) is 12.1. The molecule has 0 aliphatic heterocycles. The summed E-state index contributed by atoms with van der Waals surface area (Å²) in [7, 11) is 3.20. The van der Waals surface area contributed by atoms with Crippen LogP contribution < -0.4 is 9.47 Å². The van der Waals surface area contributed by atoms with Crippen molar-refractivity contribution in [3.63, 3.8) is 0 Å². The van der Waals surface area contributed by atoms with Gasteiger partial charge in [-0.2, -0.15) is 5.10 Å². The largest absolute Gasteiger partial charge is 0.493 e. The van der Waals surface area contributed by atoms with Crippen LogP contribution in [-0.4, -0.2) is 35.3 Å². The molecule has 0 atom stereocenters. The van der Waals surface area contributed by atoms with Gasteiger partial charge in [0.05, 0.1) is 20.4 Å². The zero-order valence-electron chi connectivity index (χ0n) is 9.57. The van der Waals surface area contributed by atoms with Crippen molar-refractivity contribution < 1.29 is 9.47 Å². The average molecular weight is 232 g/mol. The first-order valence-electron chi connectivity index (χ1n) is 4.94. The second kappa shape index (κ2) is 5.11. The molecule has 0 radical (unpaired) electrons. The highest BCUT2D eigenvalue weighted by atomic mass is 16.5. The van der Waals surface area contributed by atoms with Crippen molar-refractivity contribution in [1.82, 2.24) is 14.9 Å². The minimum atomic E-state index is 0.667. The van der Waals surface area contributed by atoms with E-state index in [0.717, 1.165) is 5.56 Å². The number of rotatable bonds is 4. The third kappa shape index (κ3) is 2.60. The van der Waals surface area contributed by atoms with Crippen LogP contribution in [0.15, 0.2) is 36.0 Å². The van der Waals surface area contributed by atoms with Crippen molar-refractivity contribution in [2.75, 3.05) is 14.2 Å². The highest BCUT2D eigenvalue weighted by Gasteiger charge is 2.02. The third-order valence-corrected chi connectivity index (χ3v) is 2.15. The van der Waals surface area contributed by atoms with E-state index in [9.17, 15) is 0 Å². The van der Waals surface area contributed by atoms with Gasteiger partial charge in [-0.25, -0.2) is 4.68 Å².